The molecule has 0 saturated carbocycles. The highest BCUT2D eigenvalue weighted by Crippen LogP contribution is 2.21. The van der Waals surface area contributed by atoms with Gasteiger partial charge in [0.05, 0.1) is 11.0 Å². The zero-order valence-electron chi connectivity index (χ0n) is 10.5. The summed E-state index contributed by atoms with van der Waals surface area (Å²) < 4.78 is 12.8. The van der Waals surface area contributed by atoms with Crippen LogP contribution in [0.15, 0.2) is 48.5 Å². The van der Waals surface area contributed by atoms with Crippen LogP contribution in [0.4, 0.5) is 10.2 Å². The van der Waals surface area contributed by atoms with E-state index >= 15 is 0 Å². The summed E-state index contributed by atoms with van der Waals surface area (Å²) in [4.78, 5) is 8.71. The Bertz CT molecular complexity index is 744. The monoisotopic (exact) mass is 287 g/mol. The van der Waals surface area contributed by atoms with E-state index in [2.05, 4.69) is 15.3 Å². The van der Waals surface area contributed by atoms with E-state index in [9.17, 15) is 4.39 Å². The second-order valence-corrected chi connectivity index (χ2v) is 4.69. The zero-order chi connectivity index (χ0) is 13.9. The Hall–Kier alpha value is -2.20. The number of rotatable bonds is 3. The first-order valence-corrected chi connectivity index (χ1v) is 6.51. The SMILES string of the molecule is Fc1ccc(CNc2nc3ccccc3nc2Cl)cc1. The molecule has 0 aliphatic rings. The lowest BCUT2D eigenvalue weighted by atomic mass is 10.2. The standard InChI is InChI=1S/C15H11ClFN3/c16-14-15(18-9-10-5-7-11(17)8-6-10)20-13-4-2-1-3-12(13)19-14/h1-8H,9H2,(H,18,20). The van der Waals surface area contributed by atoms with Crippen LogP contribution in [0, 0.1) is 5.82 Å². The molecule has 3 nitrogen and oxygen atoms in total. The largest absolute Gasteiger partial charge is 0.363 e. The molecule has 2 aromatic carbocycles. The van der Waals surface area contributed by atoms with Gasteiger partial charge in [-0.15, -0.1) is 0 Å². The first-order valence-electron chi connectivity index (χ1n) is 6.13. The van der Waals surface area contributed by atoms with Crippen LogP contribution in [0.5, 0.6) is 0 Å². The van der Waals surface area contributed by atoms with E-state index in [1.54, 1.807) is 12.1 Å². The molecule has 0 bridgehead atoms. The predicted molar refractivity (Wildman–Crippen MR) is 78.3 cm³/mol. The Morgan fingerprint density at radius 2 is 1.60 bits per heavy atom. The molecule has 0 atom stereocenters. The van der Waals surface area contributed by atoms with Crippen LogP contribution in [0.25, 0.3) is 11.0 Å². The van der Waals surface area contributed by atoms with Crippen LogP contribution in [0.2, 0.25) is 5.15 Å². The summed E-state index contributed by atoms with van der Waals surface area (Å²) in [6.45, 7) is 0.507. The molecule has 0 fully saturated rings. The minimum absolute atomic E-state index is 0.253. The summed E-state index contributed by atoms with van der Waals surface area (Å²) in [5.74, 6) is 0.270. The number of hydrogen-bond acceptors (Lipinski definition) is 3. The molecule has 0 unspecified atom stereocenters. The third-order valence-corrected chi connectivity index (χ3v) is 3.16. The summed E-state index contributed by atoms with van der Waals surface area (Å²) in [6.07, 6.45) is 0. The lowest BCUT2D eigenvalue weighted by molar-refractivity contribution is 0.627. The fourth-order valence-electron chi connectivity index (χ4n) is 1.88. The fraction of sp³-hybridized carbons (Fsp3) is 0.0667. The van der Waals surface area contributed by atoms with Gasteiger partial charge in [-0.1, -0.05) is 35.9 Å². The van der Waals surface area contributed by atoms with E-state index in [1.165, 1.54) is 12.1 Å². The maximum Gasteiger partial charge on any atom is 0.172 e. The van der Waals surface area contributed by atoms with E-state index in [0.717, 1.165) is 16.6 Å². The van der Waals surface area contributed by atoms with Gasteiger partial charge in [0.1, 0.15) is 5.82 Å². The highest BCUT2D eigenvalue weighted by molar-refractivity contribution is 6.32. The van der Waals surface area contributed by atoms with E-state index in [-0.39, 0.29) is 5.82 Å². The molecule has 0 aliphatic carbocycles. The second kappa shape index (κ2) is 5.43. The third-order valence-electron chi connectivity index (χ3n) is 2.90. The maximum absolute atomic E-state index is 12.8. The molecule has 0 amide bonds. The van der Waals surface area contributed by atoms with Gasteiger partial charge in [-0.25, -0.2) is 14.4 Å². The molecule has 1 N–H and O–H groups in total. The van der Waals surface area contributed by atoms with Crippen LogP contribution >= 0.6 is 11.6 Å². The van der Waals surface area contributed by atoms with Crippen molar-refractivity contribution < 1.29 is 4.39 Å². The zero-order valence-corrected chi connectivity index (χ0v) is 11.2. The quantitative estimate of drug-likeness (QED) is 0.790. The van der Waals surface area contributed by atoms with Gasteiger partial charge in [-0.3, -0.25) is 0 Å². The highest BCUT2D eigenvalue weighted by Gasteiger charge is 2.06. The summed E-state index contributed by atoms with van der Waals surface area (Å²) in [7, 11) is 0. The molecule has 3 rings (SSSR count). The van der Waals surface area contributed by atoms with Crippen molar-refractivity contribution in [2.75, 3.05) is 5.32 Å². The predicted octanol–water partition coefficient (Wildman–Crippen LogP) is 4.03. The van der Waals surface area contributed by atoms with Crippen molar-refractivity contribution in [3.63, 3.8) is 0 Å². The number of benzene rings is 2. The number of hydrogen-bond donors (Lipinski definition) is 1. The average Bonchev–Trinajstić information content (AvgIpc) is 2.47. The van der Waals surface area contributed by atoms with E-state index < -0.39 is 0 Å². The van der Waals surface area contributed by atoms with Crippen LogP contribution in [-0.2, 0) is 6.54 Å². The average molecular weight is 288 g/mol. The lowest BCUT2D eigenvalue weighted by Gasteiger charge is -2.08. The second-order valence-electron chi connectivity index (χ2n) is 4.33. The highest BCUT2D eigenvalue weighted by atomic mass is 35.5. The summed E-state index contributed by atoms with van der Waals surface area (Å²) in [5.41, 5.74) is 2.47. The van der Waals surface area contributed by atoms with Gasteiger partial charge < -0.3 is 5.32 Å². The van der Waals surface area contributed by atoms with Gasteiger partial charge >= 0.3 is 0 Å². The Labute approximate surface area is 120 Å². The van der Waals surface area contributed by atoms with Gasteiger partial charge in [-0.2, -0.15) is 0 Å². The molecule has 1 heterocycles. The van der Waals surface area contributed by atoms with Crippen molar-refractivity contribution in [1.29, 1.82) is 0 Å². The molecule has 0 aliphatic heterocycles. The Balaban J connectivity index is 1.83. The minimum atomic E-state index is -0.253. The summed E-state index contributed by atoms with van der Waals surface area (Å²) in [5, 5.41) is 3.44. The van der Waals surface area contributed by atoms with E-state index in [1.807, 2.05) is 24.3 Å². The van der Waals surface area contributed by atoms with E-state index in [4.69, 9.17) is 11.6 Å². The molecule has 0 radical (unpaired) electrons. The molecular formula is C15H11ClFN3. The topological polar surface area (TPSA) is 37.8 Å². The normalized spacial score (nSPS) is 10.7. The van der Waals surface area contributed by atoms with E-state index in [0.29, 0.717) is 17.5 Å². The smallest absolute Gasteiger partial charge is 0.172 e. The number of anilines is 1. The van der Waals surface area contributed by atoms with Crippen LogP contribution < -0.4 is 5.32 Å². The van der Waals surface area contributed by atoms with Gasteiger partial charge in [0.15, 0.2) is 11.0 Å². The third kappa shape index (κ3) is 2.70. The van der Waals surface area contributed by atoms with Gasteiger partial charge in [0, 0.05) is 6.54 Å². The number of para-hydroxylation sites is 2. The van der Waals surface area contributed by atoms with Crippen molar-refractivity contribution in [2.24, 2.45) is 0 Å². The maximum atomic E-state index is 12.8. The minimum Gasteiger partial charge on any atom is -0.363 e. The number of fused-ring (bicyclic) bond motifs is 1. The van der Waals surface area contributed by atoms with Gasteiger partial charge in [0.25, 0.3) is 0 Å². The molecule has 0 saturated heterocycles. The number of aromatic nitrogens is 2. The summed E-state index contributed by atoms with van der Waals surface area (Å²) in [6, 6.07) is 13.8. The molecule has 1 aromatic heterocycles. The van der Waals surface area contributed by atoms with Crippen molar-refractivity contribution in [1.82, 2.24) is 9.97 Å². The van der Waals surface area contributed by atoms with Crippen molar-refractivity contribution in [3.05, 3.63) is 65.1 Å². The number of halogens is 2. The Morgan fingerprint density at radius 1 is 0.950 bits per heavy atom. The van der Waals surface area contributed by atoms with Crippen LogP contribution in [-0.4, -0.2) is 9.97 Å². The molecule has 5 heteroatoms. The summed E-state index contributed by atoms with van der Waals surface area (Å²) >= 11 is 6.10. The Kier molecular flexibility index (Phi) is 3.48. The number of nitrogens with zero attached hydrogens (tertiary/aromatic N) is 2. The van der Waals surface area contributed by atoms with Crippen molar-refractivity contribution >= 4 is 28.5 Å². The molecular weight excluding hydrogens is 277 g/mol. The first kappa shape index (κ1) is 12.8. The van der Waals surface area contributed by atoms with Crippen molar-refractivity contribution in [2.45, 2.75) is 6.54 Å². The van der Waals surface area contributed by atoms with Gasteiger partial charge in [-0.05, 0) is 29.8 Å². The molecule has 3 aromatic rings. The van der Waals surface area contributed by atoms with Crippen LogP contribution in [0.1, 0.15) is 5.56 Å². The Morgan fingerprint density at radius 3 is 2.30 bits per heavy atom. The van der Waals surface area contributed by atoms with Crippen molar-refractivity contribution in [3.8, 4) is 0 Å². The number of nitrogens with one attached hydrogen (secondary N) is 1. The van der Waals surface area contributed by atoms with Crippen LogP contribution in [0.3, 0.4) is 0 Å². The molecule has 0 spiro atoms. The molecule has 20 heavy (non-hydrogen) atoms. The first-order chi connectivity index (χ1) is 9.72. The fourth-order valence-corrected chi connectivity index (χ4v) is 2.08. The lowest BCUT2D eigenvalue weighted by Crippen LogP contribution is -2.03. The van der Waals surface area contributed by atoms with Gasteiger partial charge in [0.2, 0.25) is 0 Å². The molecule has 100 valence electrons.